The Bertz CT molecular complexity index is 624. The highest BCUT2D eigenvalue weighted by Crippen LogP contribution is 2.34. The number of hydrogen-bond donors (Lipinski definition) is 1. The van der Waals surface area contributed by atoms with E-state index >= 15 is 0 Å². The molecular formula is C17H27NO4S. The topological polar surface area (TPSA) is 64.6 Å². The molecular weight excluding hydrogens is 314 g/mol. The number of methoxy groups -OCH3 is 2. The van der Waals surface area contributed by atoms with E-state index in [9.17, 15) is 8.42 Å². The highest BCUT2D eigenvalue weighted by Gasteiger charge is 2.29. The van der Waals surface area contributed by atoms with E-state index < -0.39 is 10.0 Å². The lowest BCUT2D eigenvalue weighted by Gasteiger charge is -2.27. The van der Waals surface area contributed by atoms with Crippen molar-refractivity contribution in [3.8, 4) is 11.5 Å². The third kappa shape index (κ3) is 4.38. The Morgan fingerprint density at radius 2 is 1.91 bits per heavy atom. The minimum atomic E-state index is -3.59. The molecule has 1 aromatic carbocycles. The van der Waals surface area contributed by atoms with Crippen molar-refractivity contribution in [1.29, 1.82) is 0 Å². The highest BCUT2D eigenvalue weighted by atomic mass is 32.2. The van der Waals surface area contributed by atoms with E-state index in [4.69, 9.17) is 9.47 Å². The van der Waals surface area contributed by atoms with Gasteiger partial charge in [0.2, 0.25) is 10.0 Å². The normalized spacial score (nSPS) is 15.3. The van der Waals surface area contributed by atoms with Gasteiger partial charge >= 0.3 is 0 Å². The Hall–Kier alpha value is -1.27. The van der Waals surface area contributed by atoms with Crippen molar-refractivity contribution in [1.82, 2.24) is 4.72 Å². The van der Waals surface area contributed by atoms with E-state index in [0.717, 1.165) is 44.1 Å². The van der Waals surface area contributed by atoms with Crippen LogP contribution < -0.4 is 14.2 Å². The van der Waals surface area contributed by atoms with E-state index in [1.54, 1.807) is 13.2 Å². The molecule has 2 rings (SSSR count). The maximum atomic E-state index is 12.8. The second-order valence-electron chi connectivity index (χ2n) is 6.02. The van der Waals surface area contributed by atoms with Crippen LogP contribution in [0.5, 0.6) is 11.5 Å². The molecule has 130 valence electrons. The number of aryl methyl sites for hydroxylation is 1. The maximum absolute atomic E-state index is 12.8. The van der Waals surface area contributed by atoms with Crippen LogP contribution in [0.4, 0.5) is 0 Å². The molecule has 23 heavy (non-hydrogen) atoms. The van der Waals surface area contributed by atoms with Gasteiger partial charge in [0.15, 0.2) is 0 Å². The third-order valence-corrected chi connectivity index (χ3v) is 5.95. The van der Waals surface area contributed by atoms with Crippen LogP contribution in [-0.4, -0.2) is 28.7 Å². The monoisotopic (exact) mass is 341 g/mol. The largest absolute Gasteiger partial charge is 0.497 e. The maximum Gasteiger partial charge on any atom is 0.244 e. The van der Waals surface area contributed by atoms with Crippen LogP contribution in [-0.2, 0) is 16.4 Å². The van der Waals surface area contributed by atoms with Crippen LogP contribution in [0, 0.1) is 0 Å². The predicted octanol–water partition coefficient (Wildman–Crippen LogP) is 3.27. The van der Waals surface area contributed by atoms with Crippen molar-refractivity contribution < 1.29 is 17.9 Å². The van der Waals surface area contributed by atoms with Crippen molar-refractivity contribution in [2.45, 2.75) is 62.8 Å². The molecule has 0 unspecified atom stereocenters. The molecule has 0 spiro atoms. The zero-order chi connectivity index (χ0) is 16.9. The summed E-state index contributed by atoms with van der Waals surface area (Å²) in [4.78, 5) is 0.267. The molecule has 1 N–H and O–H groups in total. The standard InChI is InChI=1S/C17H27NO4S/c1-4-5-6-8-13-11-15(21-2)12-16(22-3)17(13)23(19,20)18-14-9-7-10-14/h11-12,14,18H,4-10H2,1-3H3. The van der Waals surface area contributed by atoms with Gasteiger partial charge in [0.1, 0.15) is 16.4 Å². The Morgan fingerprint density at radius 3 is 2.43 bits per heavy atom. The fourth-order valence-electron chi connectivity index (χ4n) is 2.76. The van der Waals surface area contributed by atoms with Crippen LogP contribution in [0.15, 0.2) is 17.0 Å². The summed E-state index contributed by atoms with van der Waals surface area (Å²) in [5, 5.41) is 0. The van der Waals surface area contributed by atoms with Gasteiger partial charge in [-0.1, -0.05) is 26.2 Å². The van der Waals surface area contributed by atoms with E-state index in [1.165, 1.54) is 7.11 Å². The first-order valence-electron chi connectivity index (χ1n) is 8.29. The average Bonchev–Trinajstić information content (AvgIpc) is 2.50. The Labute approximate surface area is 139 Å². The lowest BCUT2D eigenvalue weighted by molar-refractivity contribution is 0.374. The van der Waals surface area contributed by atoms with E-state index in [2.05, 4.69) is 11.6 Å². The number of nitrogens with one attached hydrogen (secondary N) is 1. The molecule has 0 radical (unpaired) electrons. The number of ether oxygens (including phenoxy) is 2. The molecule has 0 bridgehead atoms. The Balaban J connectivity index is 2.40. The number of sulfonamides is 1. The average molecular weight is 341 g/mol. The van der Waals surface area contributed by atoms with Gasteiger partial charge in [-0.15, -0.1) is 0 Å². The van der Waals surface area contributed by atoms with Gasteiger partial charge in [0.05, 0.1) is 14.2 Å². The Kier molecular flexibility index (Phi) is 6.30. The van der Waals surface area contributed by atoms with E-state index in [-0.39, 0.29) is 10.9 Å². The van der Waals surface area contributed by atoms with Crippen LogP contribution in [0.3, 0.4) is 0 Å². The van der Waals surface area contributed by atoms with Gasteiger partial charge < -0.3 is 9.47 Å². The second-order valence-corrected chi connectivity index (χ2v) is 7.67. The number of unbranched alkanes of at least 4 members (excludes halogenated alkanes) is 2. The van der Waals surface area contributed by atoms with Gasteiger partial charge in [0, 0.05) is 12.1 Å². The fraction of sp³-hybridized carbons (Fsp3) is 0.647. The van der Waals surface area contributed by atoms with Crippen LogP contribution in [0.25, 0.3) is 0 Å². The Morgan fingerprint density at radius 1 is 1.17 bits per heavy atom. The first-order chi connectivity index (χ1) is 11.0. The molecule has 0 aromatic heterocycles. The van der Waals surface area contributed by atoms with E-state index in [1.807, 2.05) is 6.07 Å². The van der Waals surface area contributed by atoms with E-state index in [0.29, 0.717) is 17.9 Å². The number of rotatable bonds is 9. The zero-order valence-corrected chi connectivity index (χ0v) is 15.0. The first-order valence-corrected chi connectivity index (χ1v) is 9.77. The molecule has 0 saturated heterocycles. The molecule has 1 aliphatic rings. The summed E-state index contributed by atoms with van der Waals surface area (Å²) in [6.45, 7) is 2.13. The molecule has 0 atom stereocenters. The third-order valence-electron chi connectivity index (χ3n) is 4.31. The summed E-state index contributed by atoms with van der Waals surface area (Å²) in [7, 11) is -0.519. The van der Waals surface area contributed by atoms with Crippen molar-refractivity contribution in [2.24, 2.45) is 0 Å². The van der Waals surface area contributed by atoms with Crippen LogP contribution >= 0.6 is 0 Å². The number of hydrogen-bond acceptors (Lipinski definition) is 4. The first kappa shape index (κ1) is 18.1. The summed E-state index contributed by atoms with van der Waals surface area (Å²) >= 11 is 0. The van der Waals surface area contributed by atoms with Crippen LogP contribution in [0.1, 0.15) is 51.0 Å². The SMILES string of the molecule is CCCCCc1cc(OC)cc(OC)c1S(=O)(=O)NC1CCC1. The van der Waals surface area contributed by atoms with Crippen molar-refractivity contribution in [2.75, 3.05) is 14.2 Å². The summed E-state index contributed by atoms with van der Waals surface area (Å²) in [6, 6.07) is 3.50. The highest BCUT2D eigenvalue weighted by molar-refractivity contribution is 7.89. The summed E-state index contributed by atoms with van der Waals surface area (Å²) < 4.78 is 39.1. The quantitative estimate of drug-likeness (QED) is 0.700. The minimum absolute atomic E-state index is 0.0512. The van der Waals surface area contributed by atoms with Gasteiger partial charge in [-0.05, 0) is 37.3 Å². The van der Waals surface area contributed by atoms with Crippen LogP contribution in [0.2, 0.25) is 0 Å². The molecule has 1 aliphatic carbocycles. The summed E-state index contributed by atoms with van der Waals surface area (Å²) in [5.74, 6) is 0.971. The van der Waals surface area contributed by atoms with Gasteiger partial charge in [-0.25, -0.2) is 13.1 Å². The molecule has 5 nitrogen and oxygen atoms in total. The summed E-state index contributed by atoms with van der Waals surface area (Å²) in [6.07, 6.45) is 6.68. The summed E-state index contributed by atoms with van der Waals surface area (Å²) in [5.41, 5.74) is 0.765. The number of benzene rings is 1. The van der Waals surface area contributed by atoms with Crippen molar-refractivity contribution in [3.63, 3.8) is 0 Å². The lowest BCUT2D eigenvalue weighted by atomic mass is 9.94. The lowest BCUT2D eigenvalue weighted by Crippen LogP contribution is -2.39. The molecule has 1 fully saturated rings. The van der Waals surface area contributed by atoms with Crippen molar-refractivity contribution >= 4 is 10.0 Å². The molecule has 0 heterocycles. The van der Waals surface area contributed by atoms with Gasteiger partial charge in [-0.2, -0.15) is 0 Å². The fourth-order valence-corrected chi connectivity index (χ4v) is 4.47. The van der Waals surface area contributed by atoms with Gasteiger partial charge in [0.25, 0.3) is 0 Å². The smallest absolute Gasteiger partial charge is 0.244 e. The molecule has 1 saturated carbocycles. The van der Waals surface area contributed by atoms with Gasteiger partial charge in [-0.3, -0.25) is 0 Å². The zero-order valence-electron chi connectivity index (χ0n) is 14.2. The second kappa shape index (κ2) is 8.02. The minimum Gasteiger partial charge on any atom is -0.497 e. The molecule has 0 aliphatic heterocycles. The molecule has 6 heteroatoms. The molecule has 0 amide bonds. The predicted molar refractivity (Wildman–Crippen MR) is 90.7 cm³/mol. The van der Waals surface area contributed by atoms with Crippen molar-refractivity contribution in [3.05, 3.63) is 17.7 Å². The molecule has 1 aromatic rings.